The lowest BCUT2D eigenvalue weighted by atomic mass is 10.1. The third kappa shape index (κ3) is 4.74. The molecule has 2 aromatic carbocycles. The van der Waals surface area contributed by atoms with Crippen LogP contribution in [0.1, 0.15) is 17.7 Å². The number of hydrogen-bond acceptors (Lipinski definition) is 5. The molecule has 0 spiro atoms. The Morgan fingerprint density at radius 2 is 1.77 bits per heavy atom. The molecular formula is C18H15Cl3N4S. The molecule has 8 heteroatoms. The number of guanidine groups is 1. The van der Waals surface area contributed by atoms with E-state index < -0.39 is 0 Å². The van der Waals surface area contributed by atoms with Crippen LogP contribution in [-0.4, -0.2) is 11.7 Å². The molecule has 4 nitrogen and oxygen atoms in total. The van der Waals surface area contributed by atoms with Crippen molar-refractivity contribution in [2.24, 2.45) is 15.8 Å². The predicted molar refractivity (Wildman–Crippen MR) is 112 cm³/mol. The van der Waals surface area contributed by atoms with Crippen molar-refractivity contribution in [3.05, 3.63) is 74.9 Å². The highest BCUT2D eigenvalue weighted by Gasteiger charge is 2.18. The molecular weight excluding hydrogens is 411 g/mol. The number of hydrogen-bond donors (Lipinski definition) is 2. The summed E-state index contributed by atoms with van der Waals surface area (Å²) in [5.41, 5.74) is 10.8. The fourth-order valence-electron chi connectivity index (χ4n) is 2.31. The van der Waals surface area contributed by atoms with Gasteiger partial charge in [-0.1, -0.05) is 40.9 Å². The minimum absolute atomic E-state index is 0.115. The molecule has 1 unspecified atom stereocenters. The number of thioether (sulfide) groups is 1. The summed E-state index contributed by atoms with van der Waals surface area (Å²) < 4.78 is 0. The highest BCUT2D eigenvalue weighted by molar-refractivity contribution is 7.99. The Labute approximate surface area is 171 Å². The molecule has 3 rings (SSSR count). The van der Waals surface area contributed by atoms with Gasteiger partial charge in [-0.3, -0.25) is 0 Å². The lowest BCUT2D eigenvalue weighted by Crippen LogP contribution is -2.31. The van der Waals surface area contributed by atoms with E-state index in [1.54, 1.807) is 17.8 Å². The largest absolute Gasteiger partial charge is 0.368 e. The first-order valence-electron chi connectivity index (χ1n) is 7.66. The molecule has 0 saturated heterocycles. The van der Waals surface area contributed by atoms with Crippen molar-refractivity contribution in [2.45, 2.75) is 17.1 Å². The van der Waals surface area contributed by atoms with E-state index in [1.807, 2.05) is 49.4 Å². The van der Waals surface area contributed by atoms with Crippen molar-refractivity contribution in [1.29, 1.82) is 0 Å². The lowest BCUT2D eigenvalue weighted by molar-refractivity contribution is 0.971. The highest BCUT2D eigenvalue weighted by Crippen LogP contribution is 2.41. The van der Waals surface area contributed by atoms with Gasteiger partial charge in [0.2, 0.25) is 5.96 Å². The van der Waals surface area contributed by atoms with Gasteiger partial charge < -0.3 is 5.73 Å². The normalized spacial score (nSPS) is 16.7. The van der Waals surface area contributed by atoms with E-state index >= 15 is 0 Å². The number of benzene rings is 2. The number of nitrogens with one attached hydrogen (secondary N) is 1. The van der Waals surface area contributed by atoms with Crippen LogP contribution in [0.25, 0.3) is 0 Å². The summed E-state index contributed by atoms with van der Waals surface area (Å²) in [5.74, 6) is 0.249. The predicted octanol–water partition coefficient (Wildman–Crippen LogP) is 5.66. The second-order valence-corrected chi connectivity index (χ2v) is 8.01. The molecule has 0 amide bonds. The average Bonchev–Trinajstić information content (AvgIpc) is 2.59. The first-order chi connectivity index (χ1) is 12.4. The van der Waals surface area contributed by atoms with Crippen molar-refractivity contribution in [2.75, 3.05) is 0 Å². The zero-order chi connectivity index (χ0) is 18.7. The number of nitrogens with two attached hydrogens (primary N) is 1. The van der Waals surface area contributed by atoms with Gasteiger partial charge in [0.15, 0.2) is 0 Å². The minimum atomic E-state index is -0.115. The molecule has 26 heavy (non-hydrogen) atoms. The smallest absolute Gasteiger partial charge is 0.214 e. The molecule has 0 bridgehead atoms. The Morgan fingerprint density at radius 1 is 1.08 bits per heavy atom. The van der Waals surface area contributed by atoms with Crippen molar-refractivity contribution < 1.29 is 0 Å². The first-order valence-corrected chi connectivity index (χ1v) is 9.67. The van der Waals surface area contributed by atoms with Crippen LogP contribution >= 0.6 is 46.6 Å². The molecule has 1 atom stereocenters. The SMILES string of the molecule is CC1=NNC(N)=N/C1=C/C(Sc1ccc(Cl)cc1)c1ccc(Cl)cc1Cl. The third-order valence-electron chi connectivity index (χ3n) is 3.60. The van der Waals surface area contributed by atoms with Gasteiger partial charge in [0.25, 0.3) is 0 Å². The molecule has 3 N–H and O–H groups in total. The minimum Gasteiger partial charge on any atom is -0.368 e. The van der Waals surface area contributed by atoms with Gasteiger partial charge in [0, 0.05) is 20.0 Å². The molecule has 2 aromatic rings. The number of allylic oxidation sites excluding steroid dienone is 1. The van der Waals surface area contributed by atoms with Gasteiger partial charge in [-0.05, 0) is 55.0 Å². The molecule has 0 radical (unpaired) electrons. The van der Waals surface area contributed by atoms with Gasteiger partial charge in [-0.15, -0.1) is 11.8 Å². The molecule has 0 aromatic heterocycles. The standard InChI is InChI=1S/C18H15Cl3N4S/c1-10-16(23-18(22)25-24-10)9-17(14-7-4-12(20)8-15(14)21)26-13-5-2-11(19)3-6-13/h2-9,17H,1H3,(H3,22,23,25)/b16-9+. The highest BCUT2D eigenvalue weighted by atomic mass is 35.5. The first kappa shape index (κ1) is 19.1. The molecule has 1 aliphatic heterocycles. The number of halogens is 3. The van der Waals surface area contributed by atoms with Crippen LogP contribution in [0.15, 0.2) is 69.2 Å². The maximum atomic E-state index is 6.45. The summed E-state index contributed by atoms with van der Waals surface area (Å²) in [7, 11) is 0. The average molecular weight is 426 g/mol. The topological polar surface area (TPSA) is 62.8 Å². The zero-order valence-electron chi connectivity index (χ0n) is 13.7. The van der Waals surface area contributed by atoms with E-state index in [0.717, 1.165) is 16.2 Å². The zero-order valence-corrected chi connectivity index (χ0v) is 16.8. The molecule has 0 fully saturated rings. The van der Waals surface area contributed by atoms with Crippen molar-refractivity contribution in [3.63, 3.8) is 0 Å². The van der Waals surface area contributed by atoms with Crippen molar-refractivity contribution >= 4 is 58.2 Å². The van der Waals surface area contributed by atoms with E-state index in [9.17, 15) is 0 Å². The lowest BCUT2D eigenvalue weighted by Gasteiger charge is -2.18. The van der Waals surface area contributed by atoms with E-state index in [-0.39, 0.29) is 11.2 Å². The second kappa shape index (κ2) is 8.35. The van der Waals surface area contributed by atoms with Crippen molar-refractivity contribution in [3.8, 4) is 0 Å². The molecule has 134 valence electrons. The molecule has 0 saturated carbocycles. The van der Waals surface area contributed by atoms with Crippen LogP contribution < -0.4 is 11.2 Å². The fourth-order valence-corrected chi connectivity index (χ4v) is 4.15. The van der Waals surface area contributed by atoms with Crippen LogP contribution in [0.3, 0.4) is 0 Å². The summed E-state index contributed by atoms with van der Waals surface area (Å²) >= 11 is 20.1. The Bertz CT molecular complexity index is 907. The van der Waals surface area contributed by atoms with E-state index in [4.69, 9.17) is 40.5 Å². The van der Waals surface area contributed by atoms with E-state index in [1.165, 1.54) is 0 Å². The summed E-state index contributed by atoms with van der Waals surface area (Å²) in [4.78, 5) is 5.39. The molecule has 1 heterocycles. The van der Waals surface area contributed by atoms with Crippen LogP contribution in [0, 0.1) is 0 Å². The summed E-state index contributed by atoms with van der Waals surface area (Å²) in [6.45, 7) is 1.86. The fraction of sp³-hybridized carbons (Fsp3) is 0.111. The van der Waals surface area contributed by atoms with Gasteiger partial charge in [0.1, 0.15) is 0 Å². The number of aliphatic imine (C=N–C) groups is 1. The second-order valence-electron chi connectivity index (χ2n) is 5.52. The van der Waals surface area contributed by atoms with Crippen LogP contribution in [0.2, 0.25) is 15.1 Å². The maximum Gasteiger partial charge on any atom is 0.214 e. The van der Waals surface area contributed by atoms with Crippen LogP contribution in [0.4, 0.5) is 0 Å². The van der Waals surface area contributed by atoms with Crippen LogP contribution in [0.5, 0.6) is 0 Å². The Kier molecular flexibility index (Phi) is 6.14. The Hall–Kier alpha value is -1.66. The summed E-state index contributed by atoms with van der Waals surface area (Å²) in [5, 5.41) is 5.90. The van der Waals surface area contributed by atoms with E-state index in [0.29, 0.717) is 20.8 Å². The Balaban J connectivity index is 2.02. The van der Waals surface area contributed by atoms with Gasteiger partial charge >= 0.3 is 0 Å². The summed E-state index contributed by atoms with van der Waals surface area (Å²) in [6.07, 6.45) is 1.99. The summed E-state index contributed by atoms with van der Waals surface area (Å²) in [6, 6.07) is 13.1. The third-order valence-corrected chi connectivity index (χ3v) is 5.61. The monoisotopic (exact) mass is 424 g/mol. The molecule has 1 aliphatic rings. The maximum absolute atomic E-state index is 6.45. The quantitative estimate of drug-likeness (QED) is 0.621. The number of rotatable bonds is 4. The number of nitrogens with zero attached hydrogens (tertiary/aromatic N) is 2. The van der Waals surface area contributed by atoms with Gasteiger partial charge in [-0.25, -0.2) is 10.4 Å². The van der Waals surface area contributed by atoms with Crippen molar-refractivity contribution in [1.82, 2.24) is 5.43 Å². The van der Waals surface area contributed by atoms with Crippen LogP contribution in [-0.2, 0) is 0 Å². The molecule has 0 aliphatic carbocycles. The van der Waals surface area contributed by atoms with Gasteiger partial charge in [0.05, 0.1) is 16.7 Å². The van der Waals surface area contributed by atoms with E-state index in [2.05, 4.69) is 15.5 Å². The Morgan fingerprint density at radius 3 is 2.46 bits per heavy atom. The van der Waals surface area contributed by atoms with Gasteiger partial charge in [-0.2, -0.15) is 5.10 Å². The number of hydrazone groups is 1.